The molecule has 0 radical (unpaired) electrons. The Morgan fingerprint density at radius 3 is 2.22 bits per heavy atom. The summed E-state index contributed by atoms with van der Waals surface area (Å²) >= 11 is 0. The molecule has 0 aliphatic carbocycles. The molecule has 0 fully saturated rings. The maximum atomic E-state index is 12.2. The van der Waals surface area contributed by atoms with E-state index in [1.165, 1.54) is 24.0 Å². The van der Waals surface area contributed by atoms with Gasteiger partial charge in [-0.3, -0.25) is 14.9 Å². The van der Waals surface area contributed by atoms with Gasteiger partial charge in [-0.1, -0.05) is 13.8 Å². The number of carbonyl (C=O) groups excluding carboxylic acids is 1. The van der Waals surface area contributed by atoms with Crippen LogP contribution in [0.3, 0.4) is 0 Å². The van der Waals surface area contributed by atoms with Crippen molar-refractivity contribution in [3.05, 3.63) is 38.9 Å². The second kappa shape index (κ2) is 12.4. The summed E-state index contributed by atoms with van der Waals surface area (Å²) in [6, 6.07) is 4.44. The molecule has 0 spiro atoms. The second-order valence-corrected chi connectivity index (χ2v) is 5.57. The lowest BCUT2D eigenvalue weighted by Crippen LogP contribution is -2.31. The Balaban J connectivity index is 0.00000119. The molecule has 0 aliphatic rings. The number of nitrogens with zero attached hydrogens (tertiary/aromatic N) is 3. The predicted molar refractivity (Wildman–Crippen MR) is 105 cm³/mol. The van der Waals surface area contributed by atoms with Gasteiger partial charge in [0.25, 0.3) is 5.91 Å². The van der Waals surface area contributed by atoms with Gasteiger partial charge in [-0.05, 0) is 57.1 Å². The summed E-state index contributed by atoms with van der Waals surface area (Å²) in [5, 5.41) is 32.8. The first kappa shape index (κ1) is 24.1. The quantitative estimate of drug-likeness (QED) is 0.327. The summed E-state index contributed by atoms with van der Waals surface area (Å²) in [4.78, 5) is 23.8. The highest BCUT2D eigenvalue weighted by Gasteiger charge is 2.19. The summed E-state index contributed by atoms with van der Waals surface area (Å²) in [6.45, 7) is 12.4. The lowest BCUT2D eigenvalue weighted by atomic mass is 10.1. The van der Waals surface area contributed by atoms with E-state index in [0.29, 0.717) is 24.2 Å². The van der Waals surface area contributed by atoms with Gasteiger partial charge >= 0.3 is 5.69 Å². The fourth-order valence-electron chi connectivity index (χ4n) is 2.25. The summed E-state index contributed by atoms with van der Waals surface area (Å²) in [5.74, 6) is -0.850. The first-order chi connectivity index (χ1) is 12.8. The Morgan fingerprint density at radius 2 is 1.85 bits per heavy atom. The number of nitro benzene ring substituents is 1. The Kier molecular flexibility index (Phi) is 11.1. The van der Waals surface area contributed by atoms with Crippen molar-refractivity contribution in [2.45, 2.75) is 34.6 Å². The third-order valence-electron chi connectivity index (χ3n) is 3.71. The minimum atomic E-state index is -0.710. The van der Waals surface area contributed by atoms with Crippen molar-refractivity contribution in [2.24, 2.45) is 0 Å². The van der Waals surface area contributed by atoms with Crippen molar-refractivity contribution in [3.63, 3.8) is 0 Å². The highest BCUT2D eigenvalue weighted by Crippen LogP contribution is 2.31. The molecule has 0 aliphatic heterocycles. The van der Waals surface area contributed by atoms with Crippen LogP contribution in [0.15, 0.2) is 17.7 Å². The highest BCUT2D eigenvalue weighted by atomic mass is 16.6. The van der Waals surface area contributed by atoms with Gasteiger partial charge in [-0.2, -0.15) is 5.26 Å². The Labute approximate surface area is 160 Å². The van der Waals surface area contributed by atoms with Gasteiger partial charge < -0.3 is 15.3 Å². The standard InChI is InChI=1S/C15H17N3O4.C4H11N/c1-4-17(5-2)15(20)12(9-16)7-11-6-10(3)14(19)13(8-11)18(21)22;1-3-5-4-2/h6-8,19H,4-5H2,1-3H3;5H,3-4H2,1-2H3. The maximum absolute atomic E-state index is 12.2. The number of amides is 1. The Hall–Kier alpha value is -2.92. The number of carbonyl (C=O) groups is 1. The molecule has 8 nitrogen and oxygen atoms in total. The molecule has 27 heavy (non-hydrogen) atoms. The molecule has 1 amide bonds. The number of aromatic hydroxyl groups is 1. The average Bonchev–Trinajstić information content (AvgIpc) is 2.64. The average molecular weight is 376 g/mol. The number of benzene rings is 1. The number of nitro groups is 1. The molecule has 1 aromatic rings. The number of phenols is 1. The van der Waals surface area contributed by atoms with Crippen LogP contribution in [0, 0.1) is 28.4 Å². The number of rotatable bonds is 7. The van der Waals surface area contributed by atoms with Gasteiger partial charge in [0, 0.05) is 19.2 Å². The zero-order valence-electron chi connectivity index (χ0n) is 16.6. The third kappa shape index (κ3) is 7.46. The molecular formula is C19H28N4O4. The van der Waals surface area contributed by atoms with Crippen LogP contribution in [0.2, 0.25) is 0 Å². The van der Waals surface area contributed by atoms with Gasteiger partial charge in [0.05, 0.1) is 4.92 Å². The van der Waals surface area contributed by atoms with E-state index in [1.54, 1.807) is 13.8 Å². The van der Waals surface area contributed by atoms with Crippen LogP contribution < -0.4 is 5.32 Å². The lowest BCUT2D eigenvalue weighted by molar-refractivity contribution is -0.385. The molecular weight excluding hydrogens is 348 g/mol. The van der Waals surface area contributed by atoms with Gasteiger partial charge in [0.15, 0.2) is 5.75 Å². The molecule has 0 heterocycles. The van der Waals surface area contributed by atoms with Crippen LogP contribution >= 0.6 is 0 Å². The molecule has 0 aromatic heterocycles. The van der Waals surface area contributed by atoms with E-state index in [9.17, 15) is 20.0 Å². The van der Waals surface area contributed by atoms with E-state index in [0.717, 1.165) is 19.2 Å². The van der Waals surface area contributed by atoms with E-state index in [2.05, 4.69) is 19.2 Å². The summed E-state index contributed by atoms with van der Waals surface area (Å²) in [5.41, 5.74) is 0.0500. The van der Waals surface area contributed by atoms with Crippen molar-refractivity contribution in [1.29, 1.82) is 5.26 Å². The van der Waals surface area contributed by atoms with Gasteiger partial charge in [-0.15, -0.1) is 0 Å². The smallest absolute Gasteiger partial charge is 0.311 e. The minimum absolute atomic E-state index is 0.108. The molecule has 8 heteroatoms. The van der Waals surface area contributed by atoms with E-state index in [-0.39, 0.29) is 5.57 Å². The van der Waals surface area contributed by atoms with Crippen LogP contribution in [-0.4, -0.2) is 47.0 Å². The van der Waals surface area contributed by atoms with Crippen LogP contribution in [0.5, 0.6) is 5.75 Å². The van der Waals surface area contributed by atoms with E-state index in [4.69, 9.17) is 5.26 Å². The monoisotopic (exact) mass is 376 g/mol. The largest absolute Gasteiger partial charge is 0.502 e. The highest BCUT2D eigenvalue weighted by molar-refractivity contribution is 6.01. The zero-order valence-corrected chi connectivity index (χ0v) is 16.6. The number of phenolic OH excluding ortho intramolecular Hbond substituents is 1. The molecule has 0 bridgehead atoms. The summed E-state index contributed by atoms with van der Waals surface area (Å²) < 4.78 is 0. The molecule has 0 atom stereocenters. The van der Waals surface area contributed by atoms with Crippen LogP contribution in [0.1, 0.15) is 38.8 Å². The Bertz CT molecular complexity index is 717. The lowest BCUT2D eigenvalue weighted by Gasteiger charge is -2.17. The van der Waals surface area contributed by atoms with Crippen molar-refractivity contribution < 1.29 is 14.8 Å². The first-order valence-electron chi connectivity index (χ1n) is 8.86. The van der Waals surface area contributed by atoms with Crippen molar-refractivity contribution in [2.75, 3.05) is 26.2 Å². The van der Waals surface area contributed by atoms with Crippen molar-refractivity contribution >= 4 is 17.7 Å². The van der Waals surface area contributed by atoms with E-state index in [1.807, 2.05) is 6.07 Å². The SMILES string of the molecule is CCN(CC)C(=O)C(C#N)=Cc1cc(C)c(O)c([N+](=O)[O-])c1.CCNCC. The second-order valence-electron chi connectivity index (χ2n) is 5.57. The molecule has 0 saturated carbocycles. The van der Waals surface area contributed by atoms with Crippen molar-refractivity contribution in [3.8, 4) is 11.8 Å². The van der Waals surface area contributed by atoms with Crippen molar-refractivity contribution in [1.82, 2.24) is 10.2 Å². The Morgan fingerprint density at radius 1 is 1.30 bits per heavy atom. The fourth-order valence-corrected chi connectivity index (χ4v) is 2.25. The number of aryl methyl sites for hydroxylation is 1. The van der Waals surface area contributed by atoms with Crippen LogP contribution in [-0.2, 0) is 4.79 Å². The van der Waals surface area contributed by atoms with Crippen LogP contribution in [0.4, 0.5) is 5.69 Å². The van der Waals surface area contributed by atoms with Gasteiger partial charge in [0.1, 0.15) is 11.6 Å². The molecule has 148 valence electrons. The van der Waals surface area contributed by atoms with Crippen LogP contribution in [0.25, 0.3) is 6.08 Å². The topological polar surface area (TPSA) is 120 Å². The van der Waals surface area contributed by atoms with Gasteiger partial charge in [0.2, 0.25) is 0 Å². The number of hydrogen-bond donors (Lipinski definition) is 2. The van der Waals surface area contributed by atoms with E-state index < -0.39 is 22.3 Å². The number of nitriles is 1. The number of nitrogens with one attached hydrogen (secondary N) is 1. The predicted octanol–water partition coefficient (Wildman–Crippen LogP) is 3.00. The minimum Gasteiger partial charge on any atom is -0.502 e. The van der Waals surface area contributed by atoms with E-state index >= 15 is 0 Å². The summed E-state index contributed by atoms with van der Waals surface area (Å²) in [7, 11) is 0. The number of likely N-dealkylation sites (N-methyl/N-ethyl adjacent to an activating group) is 1. The molecule has 0 saturated heterocycles. The molecule has 1 aromatic carbocycles. The number of hydrogen-bond acceptors (Lipinski definition) is 6. The summed E-state index contributed by atoms with van der Waals surface area (Å²) in [6.07, 6.45) is 1.29. The molecule has 0 unspecified atom stereocenters. The fraction of sp³-hybridized carbons (Fsp3) is 0.474. The maximum Gasteiger partial charge on any atom is 0.311 e. The first-order valence-corrected chi connectivity index (χ1v) is 8.86. The normalized spacial score (nSPS) is 10.4. The molecule has 2 N–H and O–H groups in total. The molecule has 1 rings (SSSR count). The zero-order chi connectivity index (χ0) is 21.0. The third-order valence-corrected chi connectivity index (χ3v) is 3.71. The van der Waals surface area contributed by atoms with Gasteiger partial charge in [-0.25, -0.2) is 0 Å².